The number of hydrogen-bond acceptors (Lipinski definition) is 2. The van der Waals surface area contributed by atoms with Crippen LogP contribution in [0, 0.1) is 0 Å². The van der Waals surface area contributed by atoms with Gasteiger partial charge in [-0.1, -0.05) is 23.8 Å². The summed E-state index contributed by atoms with van der Waals surface area (Å²) in [5, 5.41) is 0.728. The van der Waals surface area contributed by atoms with Crippen molar-refractivity contribution < 1.29 is 4.74 Å². The Hall–Kier alpha value is -0.990. The molecule has 0 amide bonds. The number of rotatable bonds is 6. The van der Waals surface area contributed by atoms with Crippen molar-refractivity contribution in [2.75, 3.05) is 26.7 Å². The summed E-state index contributed by atoms with van der Waals surface area (Å²) in [6.45, 7) is 8.36. The van der Waals surface area contributed by atoms with E-state index in [4.69, 9.17) is 16.3 Å². The van der Waals surface area contributed by atoms with Gasteiger partial charge in [-0.15, -0.1) is 0 Å². The van der Waals surface area contributed by atoms with Crippen molar-refractivity contribution >= 4 is 11.6 Å². The van der Waals surface area contributed by atoms with E-state index in [0.717, 1.165) is 29.4 Å². The Morgan fingerprint density at radius 2 is 2.00 bits per heavy atom. The SMILES string of the molecule is C=C(C)CN(C)CCOc1ccc(Cl)cc1. The molecule has 2 nitrogen and oxygen atoms in total. The van der Waals surface area contributed by atoms with Crippen molar-refractivity contribution in [1.29, 1.82) is 0 Å². The second kappa shape index (κ2) is 6.56. The van der Waals surface area contributed by atoms with Crippen LogP contribution in [0.1, 0.15) is 6.92 Å². The molecule has 0 fully saturated rings. The van der Waals surface area contributed by atoms with Gasteiger partial charge in [-0.25, -0.2) is 0 Å². The molecule has 0 radical (unpaired) electrons. The maximum Gasteiger partial charge on any atom is 0.119 e. The molecule has 0 aliphatic rings. The highest BCUT2D eigenvalue weighted by molar-refractivity contribution is 6.30. The summed E-state index contributed by atoms with van der Waals surface area (Å²) < 4.78 is 5.58. The van der Waals surface area contributed by atoms with Crippen molar-refractivity contribution in [3.05, 3.63) is 41.4 Å². The van der Waals surface area contributed by atoms with Gasteiger partial charge in [0.1, 0.15) is 12.4 Å². The van der Waals surface area contributed by atoms with Crippen molar-refractivity contribution in [1.82, 2.24) is 4.90 Å². The lowest BCUT2D eigenvalue weighted by Gasteiger charge is -2.16. The van der Waals surface area contributed by atoms with E-state index >= 15 is 0 Å². The molecule has 3 heteroatoms. The van der Waals surface area contributed by atoms with Gasteiger partial charge in [0.25, 0.3) is 0 Å². The van der Waals surface area contributed by atoms with E-state index < -0.39 is 0 Å². The molecule has 0 atom stereocenters. The van der Waals surface area contributed by atoms with E-state index in [9.17, 15) is 0 Å². The lowest BCUT2D eigenvalue weighted by Crippen LogP contribution is -2.25. The molecule has 0 N–H and O–H groups in total. The van der Waals surface area contributed by atoms with E-state index in [2.05, 4.69) is 18.5 Å². The van der Waals surface area contributed by atoms with E-state index in [1.54, 1.807) is 0 Å². The largest absolute Gasteiger partial charge is 0.492 e. The topological polar surface area (TPSA) is 12.5 Å². The van der Waals surface area contributed by atoms with Gasteiger partial charge in [0.2, 0.25) is 0 Å². The summed E-state index contributed by atoms with van der Waals surface area (Å²) in [4.78, 5) is 2.18. The van der Waals surface area contributed by atoms with Crippen molar-refractivity contribution in [2.24, 2.45) is 0 Å². The Balaban J connectivity index is 2.25. The third-order valence-electron chi connectivity index (χ3n) is 2.10. The average Bonchev–Trinajstić information content (AvgIpc) is 2.20. The molecule has 0 aromatic heterocycles. The summed E-state index contributed by atoms with van der Waals surface area (Å²) >= 11 is 5.78. The van der Waals surface area contributed by atoms with Crippen LogP contribution in [0.2, 0.25) is 5.02 Å². The van der Waals surface area contributed by atoms with E-state index in [1.807, 2.05) is 31.2 Å². The standard InChI is InChI=1S/C13H18ClNO/c1-11(2)10-15(3)8-9-16-13-6-4-12(14)5-7-13/h4-7H,1,8-10H2,2-3H3. The van der Waals surface area contributed by atoms with Crippen LogP contribution in [0.25, 0.3) is 0 Å². The normalized spacial score (nSPS) is 10.5. The van der Waals surface area contributed by atoms with Crippen molar-refractivity contribution in [3.8, 4) is 5.75 Å². The first kappa shape index (κ1) is 13.1. The molecule has 88 valence electrons. The smallest absolute Gasteiger partial charge is 0.119 e. The van der Waals surface area contributed by atoms with E-state index in [-0.39, 0.29) is 0 Å². The number of nitrogens with zero attached hydrogens (tertiary/aromatic N) is 1. The van der Waals surface area contributed by atoms with Crippen LogP contribution in [0.15, 0.2) is 36.4 Å². The number of halogens is 1. The highest BCUT2D eigenvalue weighted by Gasteiger charge is 1.99. The fraction of sp³-hybridized carbons (Fsp3) is 0.385. The van der Waals surface area contributed by atoms with Crippen LogP contribution in [0.4, 0.5) is 0 Å². The van der Waals surface area contributed by atoms with Crippen molar-refractivity contribution in [3.63, 3.8) is 0 Å². The van der Waals surface area contributed by atoms with Gasteiger partial charge in [-0.2, -0.15) is 0 Å². The molecule has 0 aliphatic heterocycles. The molecule has 0 heterocycles. The Morgan fingerprint density at radius 1 is 1.38 bits per heavy atom. The van der Waals surface area contributed by atoms with E-state index in [0.29, 0.717) is 6.61 Å². The zero-order valence-electron chi connectivity index (χ0n) is 9.87. The minimum Gasteiger partial charge on any atom is -0.492 e. The van der Waals surface area contributed by atoms with Crippen LogP contribution >= 0.6 is 11.6 Å². The monoisotopic (exact) mass is 239 g/mol. The molecular weight excluding hydrogens is 222 g/mol. The van der Waals surface area contributed by atoms with Gasteiger partial charge in [-0.3, -0.25) is 4.90 Å². The highest BCUT2D eigenvalue weighted by atomic mass is 35.5. The highest BCUT2D eigenvalue weighted by Crippen LogP contribution is 2.15. The van der Waals surface area contributed by atoms with Crippen LogP contribution in [-0.4, -0.2) is 31.6 Å². The molecular formula is C13H18ClNO. The Morgan fingerprint density at radius 3 is 2.56 bits per heavy atom. The van der Waals surface area contributed by atoms with E-state index in [1.165, 1.54) is 0 Å². The average molecular weight is 240 g/mol. The summed E-state index contributed by atoms with van der Waals surface area (Å²) in [5.41, 5.74) is 1.16. The van der Waals surface area contributed by atoms with Crippen LogP contribution < -0.4 is 4.74 Å². The lowest BCUT2D eigenvalue weighted by atomic mass is 10.3. The van der Waals surface area contributed by atoms with Gasteiger partial charge in [0.05, 0.1) is 0 Å². The van der Waals surface area contributed by atoms with Gasteiger partial charge in [-0.05, 0) is 38.2 Å². The summed E-state index contributed by atoms with van der Waals surface area (Å²) in [6, 6.07) is 7.41. The van der Waals surface area contributed by atoms with Gasteiger partial charge >= 0.3 is 0 Å². The number of benzene rings is 1. The third kappa shape index (κ3) is 5.19. The zero-order valence-corrected chi connectivity index (χ0v) is 10.6. The lowest BCUT2D eigenvalue weighted by molar-refractivity contribution is 0.247. The summed E-state index contributed by atoms with van der Waals surface area (Å²) in [7, 11) is 2.06. The molecule has 16 heavy (non-hydrogen) atoms. The maximum atomic E-state index is 5.78. The van der Waals surface area contributed by atoms with Crippen LogP contribution in [0.5, 0.6) is 5.75 Å². The predicted molar refractivity (Wildman–Crippen MR) is 69.3 cm³/mol. The zero-order chi connectivity index (χ0) is 12.0. The first-order chi connectivity index (χ1) is 7.58. The molecule has 1 aromatic carbocycles. The van der Waals surface area contributed by atoms with Gasteiger partial charge in [0.15, 0.2) is 0 Å². The van der Waals surface area contributed by atoms with Crippen molar-refractivity contribution in [2.45, 2.75) is 6.92 Å². The molecule has 1 aromatic rings. The second-order valence-corrected chi connectivity index (χ2v) is 4.43. The molecule has 1 rings (SSSR count). The fourth-order valence-electron chi connectivity index (χ4n) is 1.39. The molecule has 0 aliphatic carbocycles. The molecule has 0 bridgehead atoms. The second-order valence-electron chi connectivity index (χ2n) is 4.00. The Kier molecular flexibility index (Phi) is 5.36. The fourth-order valence-corrected chi connectivity index (χ4v) is 1.52. The molecule has 0 spiro atoms. The first-order valence-corrected chi connectivity index (χ1v) is 5.67. The minimum atomic E-state index is 0.672. The third-order valence-corrected chi connectivity index (χ3v) is 2.35. The molecule has 0 saturated heterocycles. The Labute approximate surface area is 102 Å². The quantitative estimate of drug-likeness (QED) is 0.707. The molecule has 0 saturated carbocycles. The van der Waals surface area contributed by atoms with Crippen LogP contribution in [0.3, 0.4) is 0 Å². The summed E-state index contributed by atoms with van der Waals surface area (Å²) in [6.07, 6.45) is 0. The number of hydrogen-bond donors (Lipinski definition) is 0. The maximum absolute atomic E-state index is 5.78. The Bertz CT molecular complexity index is 334. The number of likely N-dealkylation sites (N-methyl/N-ethyl adjacent to an activating group) is 1. The minimum absolute atomic E-state index is 0.672. The van der Waals surface area contributed by atoms with Gasteiger partial charge in [0, 0.05) is 18.1 Å². The predicted octanol–water partition coefficient (Wildman–Crippen LogP) is 3.23. The van der Waals surface area contributed by atoms with Gasteiger partial charge < -0.3 is 4.74 Å². The first-order valence-electron chi connectivity index (χ1n) is 5.29. The molecule has 0 unspecified atom stereocenters. The number of ether oxygens (including phenoxy) is 1. The summed E-state index contributed by atoms with van der Waals surface area (Å²) in [5.74, 6) is 0.855. The van der Waals surface area contributed by atoms with Crippen LogP contribution in [-0.2, 0) is 0 Å².